The SMILES string of the molecule is CC(=O)CCCCCC1CCCN1C(=O)OC(C)(C)C. The van der Waals surface area contributed by atoms with Crippen LogP contribution in [0.25, 0.3) is 0 Å². The number of hydrogen-bond donors (Lipinski definition) is 0. The predicted molar refractivity (Wildman–Crippen MR) is 79.7 cm³/mol. The van der Waals surface area contributed by atoms with Crippen molar-refractivity contribution in [2.24, 2.45) is 0 Å². The van der Waals surface area contributed by atoms with E-state index < -0.39 is 5.60 Å². The minimum absolute atomic E-state index is 0.177. The van der Waals surface area contributed by atoms with Gasteiger partial charge < -0.3 is 14.4 Å². The predicted octanol–water partition coefficient (Wildman–Crippen LogP) is 3.93. The molecule has 1 heterocycles. The summed E-state index contributed by atoms with van der Waals surface area (Å²) in [6, 6.07) is 0.321. The molecule has 0 aromatic heterocycles. The second-order valence-electron chi connectivity index (χ2n) is 6.77. The highest BCUT2D eigenvalue weighted by Crippen LogP contribution is 2.24. The third-order valence-corrected chi connectivity index (χ3v) is 3.57. The van der Waals surface area contributed by atoms with E-state index in [2.05, 4.69) is 0 Å². The fraction of sp³-hybridized carbons (Fsp3) is 0.875. The molecule has 4 nitrogen and oxygen atoms in total. The van der Waals surface area contributed by atoms with Gasteiger partial charge in [0.1, 0.15) is 11.4 Å². The number of ether oxygens (including phenoxy) is 1. The monoisotopic (exact) mass is 283 g/mol. The van der Waals surface area contributed by atoms with Crippen LogP contribution < -0.4 is 0 Å². The van der Waals surface area contributed by atoms with Crippen LogP contribution in [0.2, 0.25) is 0 Å². The Balaban J connectivity index is 2.30. The zero-order valence-corrected chi connectivity index (χ0v) is 13.4. The third kappa shape index (κ3) is 6.40. The number of carbonyl (C=O) groups is 2. The van der Waals surface area contributed by atoms with E-state index in [-0.39, 0.29) is 11.9 Å². The van der Waals surface area contributed by atoms with Crippen LogP contribution in [-0.2, 0) is 9.53 Å². The highest BCUT2D eigenvalue weighted by Gasteiger charge is 2.31. The molecule has 0 radical (unpaired) electrons. The zero-order valence-electron chi connectivity index (χ0n) is 13.4. The summed E-state index contributed by atoms with van der Waals surface area (Å²) in [4.78, 5) is 24.9. The van der Waals surface area contributed by atoms with Crippen LogP contribution in [-0.4, -0.2) is 35.0 Å². The van der Waals surface area contributed by atoms with Crippen molar-refractivity contribution in [1.82, 2.24) is 4.90 Å². The Bertz CT molecular complexity index is 333. The third-order valence-electron chi connectivity index (χ3n) is 3.57. The molecule has 4 heteroatoms. The minimum Gasteiger partial charge on any atom is -0.444 e. The molecule has 0 saturated carbocycles. The van der Waals surface area contributed by atoms with Crippen molar-refractivity contribution < 1.29 is 14.3 Å². The van der Waals surface area contributed by atoms with Gasteiger partial charge in [0.15, 0.2) is 0 Å². The fourth-order valence-corrected chi connectivity index (χ4v) is 2.63. The van der Waals surface area contributed by atoms with E-state index >= 15 is 0 Å². The van der Waals surface area contributed by atoms with Gasteiger partial charge in [0.2, 0.25) is 0 Å². The summed E-state index contributed by atoms with van der Waals surface area (Å²) in [5.41, 5.74) is -0.425. The molecule has 1 fully saturated rings. The summed E-state index contributed by atoms with van der Waals surface area (Å²) in [5, 5.41) is 0. The number of Topliss-reactive ketones (excluding diaryl/α,β-unsaturated/α-hetero) is 1. The Morgan fingerprint density at radius 2 is 1.90 bits per heavy atom. The number of likely N-dealkylation sites (tertiary alicyclic amines) is 1. The largest absolute Gasteiger partial charge is 0.444 e. The Hall–Kier alpha value is -1.06. The Morgan fingerprint density at radius 1 is 1.20 bits per heavy atom. The Kier molecular flexibility index (Phi) is 6.50. The van der Waals surface area contributed by atoms with E-state index in [1.165, 1.54) is 0 Å². The average Bonchev–Trinajstić information content (AvgIpc) is 2.74. The van der Waals surface area contributed by atoms with Crippen molar-refractivity contribution in [3.05, 3.63) is 0 Å². The number of hydrogen-bond acceptors (Lipinski definition) is 3. The van der Waals surface area contributed by atoms with E-state index in [9.17, 15) is 9.59 Å². The summed E-state index contributed by atoms with van der Waals surface area (Å²) in [6.45, 7) is 8.15. The van der Waals surface area contributed by atoms with Crippen LogP contribution >= 0.6 is 0 Å². The molecule has 116 valence electrons. The first-order chi connectivity index (χ1) is 9.29. The van der Waals surface area contributed by atoms with Crippen LogP contribution in [0.1, 0.15) is 72.6 Å². The maximum atomic E-state index is 12.1. The van der Waals surface area contributed by atoms with Gasteiger partial charge in [0, 0.05) is 19.0 Å². The Morgan fingerprint density at radius 3 is 2.50 bits per heavy atom. The first-order valence-corrected chi connectivity index (χ1v) is 7.78. The van der Waals surface area contributed by atoms with Crippen molar-refractivity contribution in [1.29, 1.82) is 0 Å². The second-order valence-corrected chi connectivity index (χ2v) is 6.77. The number of rotatable bonds is 6. The lowest BCUT2D eigenvalue weighted by molar-refractivity contribution is -0.117. The molecule has 1 aliphatic heterocycles. The molecular weight excluding hydrogens is 254 g/mol. The highest BCUT2D eigenvalue weighted by atomic mass is 16.6. The molecule has 0 bridgehead atoms. The zero-order chi connectivity index (χ0) is 15.2. The second kappa shape index (κ2) is 7.65. The molecule has 1 unspecified atom stereocenters. The summed E-state index contributed by atoms with van der Waals surface area (Å²) in [6.07, 6.45) is 6.79. The van der Waals surface area contributed by atoms with Crippen molar-refractivity contribution in [2.75, 3.05) is 6.54 Å². The summed E-state index contributed by atoms with van der Waals surface area (Å²) in [7, 11) is 0. The van der Waals surface area contributed by atoms with Gasteiger partial charge in [-0.25, -0.2) is 4.79 Å². The average molecular weight is 283 g/mol. The molecule has 0 spiro atoms. The first-order valence-electron chi connectivity index (χ1n) is 7.78. The van der Waals surface area contributed by atoms with Gasteiger partial charge in [0.05, 0.1) is 0 Å². The van der Waals surface area contributed by atoms with Gasteiger partial charge in [-0.1, -0.05) is 12.8 Å². The lowest BCUT2D eigenvalue weighted by Gasteiger charge is -2.28. The van der Waals surface area contributed by atoms with Crippen LogP contribution in [0, 0.1) is 0 Å². The number of unbranched alkanes of at least 4 members (excludes halogenated alkanes) is 2. The quantitative estimate of drug-likeness (QED) is 0.694. The number of ketones is 1. The number of amides is 1. The van der Waals surface area contributed by atoms with Crippen molar-refractivity contribution in [3.8, 4) is 0 Å². The molecule has 1 rings (SSSR count). The molecule has 0 aliphatic carbocycles. The van der Waals surface area contributed by atoms with Crippen LogP contribution in [0.4, 0.5) is 4.79 Å². The molecule has 1 atom stereocenters. The summed E-state index contributed by atoms with van der Waals surface area (Å²) in [5.74, 6) is 0.265. The molecule has 0 N–H and O–H groups in total. The van der Waals surface area contributed by atoms with E-state index in [0.717, 1.165) is 45.1 Å². The smallest absolute Gasteiger partial charge is 0.410 e. The topological polar surface area (TPSA) is 46.6 Å². The lowest BCUT2D eigenvalue weighted by atomic mass is 10.0. The van der Waals surface area contributed by atoms with Gasteiger partial charge in [-0.3, -0.25) is 0 Å². The molecule has 0 aromatic rings. The van der Waals surface area contributed by atoms with E-state index in [1.54, 1.807) is 6.92 Å². The maximum Gasteiger partial charge on any atom is 0.410 e. The van der Waals surface area contributed by atoms with Gasteiger partial charge in [0.25, 0.3) is 0 Å². The van der Waals surface area contributed by atoms with E-state index in [0.29, 0.717) is 12.5 Å². The van der Waals surface area contributed by atoms with Crippen LogP contribution in [0.3, 0.4) is 0 Å². The highest BCUT2D eigenvalue weighted by molar-refractivity contribution is 5.75. The van der Waals surface area contributed by atoms with E-state index in [4.69, 9.17) is 4.74 Å². The number of nitrogens with zero attached hydrogens (tertiary/aromatic N) is 1. The molecule has 0 aromatic carbocycles. The maximum absolute atomic E-state index is 12.1. The first kappa shape index (κ1) is 17.0. The van der Waals surface area contributed by atoms with E-state index in [1.807, 2.05) is 25.7 Å². The number of carbonyl (C=O) groups excluding carboxylic acids is 2. The molecule has 1 amide bonds. The van der Waals surface area contributed by atoms with Crippen molar-refractivity contribution in [3.63, 3.8) is 0 Å². The minimum atomic E-state index is -0.425. The van der Waals surface area contributed by atoms with Crippen molar-refractivity contribution >= 4 is 11.9 Å². The molecule has 1 saturated heterocycles. The van der Waals surface area contributed by atoms with Gasteiger partial charge >= 0.3 is 6.09 Å². The molecule has 20 heavy (non-hydrogen) atoms. The molecule has 1 aliphatic rings. The Labute approximate surface area is 122 Å². The van der Waals surface area contributed by atoms with Gasteiger partial charge in [-0.05, 0) is 53.4 Å². The lowest BCUT2D eigenvalue weighted by Crippen LogP contribution is -2.39. The standard InChI is InChI=1S/C16H29NO3/c1-13(18)9-6-5-7-10-14-11-8-12-17(14)15(19)20-16(2,3)4/h14H,5-12H2,1-4H3. The normalized spacial score (nSPS) is 19.2. The summed E-state index contributed by atoms with van der Waals surface area (Å²) < 4.78 is 5.45. The van der Waals surface area contributed by atoms with Crippen LogP contribution in [0.5, 0.6) is 0 Å². The van der Waals surface area contributed by atoms with Gasteiger partial charge in [-0.2, -0.15) is 0 Å². The van der Waals surface area contributed by atoms with Crippen molar-refractivity contribution in [2.45, 2.75) is 84.3 Å². The fourth-order valence-electron chi connectivity index (χ4n) is 2.63. The van der Waals surface area contributed by atoms with Crippen LogP contribution in [0.15, 0.2) is 0 Å². The summed E-state index contributed by atoms with van der Waals surface area (Å²) >= 11 is 0. The molecular formula is C16H29NO3. The van der Waals surface area contributed by atoms with Gasteiger partial charge in [-0.15, -0.1) is 0 Å².